The molecule has 0 heterocycles. The Labute approximate surface area is 412 Å². The van der Waals surface area contributed by atoms with Gasteiger partial charge in [-0.15, -0.1) is 0 Å². The first-order chi connectivity index (χ1) is 32.5. The van der Waals surface area contributed by atoms with E-state index in [1.54, 1.807) is 0 Å². The van der Waals surface area contributed by atoms with E-state index < -0.39 is 26.5 Å². The normalized spacial score (nSPS) is 13.9. The zero-order chi connectivity index (χ0) is 49.2. The van der Waals surface area contributed by atoms with Crippen LogP contribution in [0, 0.1) is 0 Å². The number of ether oxygens (including phenoxy) is 2. The highest BCUT2D eigenvalue weighted by molar-refractivity contribution is 7.47. The van der Waals surface area contributed by atoms with E-state index in [0.717, 1.165) is 70.6 Å². The van der Waals surface area contributed by atoms with Crippen LogP contribution in [0.2, 0.25) is 0 Å². The van der Waals surface area contributed by atoms with E-state index in [2.05, 4.69) is 86.8 Å². The van der Waals surface area contributed by atoms with E-state index in [1.165, 1.54) is 122 Å². The minimum atomic E-state index is -4.37. The molecule has 0 fully saturated rings. The fourth-order valence-corrected chi connectivity index (χ4v) is 8.05. The Hall–Kier alpha value is -2.55. The van der Waals surface area contributed by atoms with E-state index in [4.69, 9.17) is 18.5 Å². The SMILES string of the molecule is CC/C=C\C/C=C\C/C=C\C/C=C\C/C=C\C/C=C\CCCCCCCCCCCCCCCCCCC(=O)OC(COC(=O)CCCCCCCCCC)COP(=O)(O)OCC[N+](C)(C)C. The lowest BCUT2D eigenvalue weighted by Crippen LogP contribution is -2.37. The van der Waals surface area contributed by atoms with Crippen LogP contribution in [0.1, 0.15) is 226 Å². The molecule has 2 unspecified atom stereocenters. The van der Waals surface area contributed by atoms with Crippen LogP contribution in [0.15, 0.2) is 72.9 Å². The Balaban J connectivity index is 3.95. The highest BCUT2D eigenvalue weighted by Crippen LogP contribution is 2.43. The minimum Gasteiger partial charge on any atom is -0.462 e. The van der Waals surface area contributed by atoms with Crippen LogP contribution in [-0.2, 0) is 32.7 Å². The summed E-state index contributed by atoms with van der Waals surface area (Å²) in [5.41, 5.74) is 0. The van der Waals surface area contributed by atoms with Crippen molar-refractivity contribution in [3.8, 4) is 0 Å². The van der Waals surface area contributed by atoms with Crippen molar-refractivity contribution in [1.82, 2.24) is 0 Å². The second-order valence-corrected chi connectivity index (χ2v) is 20.7. The summed E-state index contributed by atoms with van der Waals surface area (Å²) in [4.78, 5) is 35.4. The molecule has 0 saturated carbocycles. The van der Waals surface area contributed by atoms with E-state index >= 15 is 0 Å². The zero-order valence-electron chi connectivity index (χ0n) is 43.9. The number of phosphoric acid groups is 1. The summed E-state index contributed by atoms with van der Waals surface area (Å²) >= 11 is 0. The van der Waals surface area contributed by atoms with Gasteiger partial charge in [-0.2, -0.15) is 0 Å². The highest BCUT2D eigenvalue weighted by atomic mass is 31.2. The van der Waals surface area contributed by atoms with Gasteiger partial charge in [0.1, 0.15) is 19.8 Å². The van der Waals surface area contributed by atoms with Crippen molar-refractivity contribution >= 4 is 19.8 Å². The number of carbonyl (C=O) groups is 2. The number of hydrogen-bond donors (Lipinski definition) is 1. The van der Waals surface area contributed by atoms with E-state index in [9.17, 15) is 19.0 Å². The van der Waals surface area contributed by atoms with Crippen molar-refractivity contribution in [2.45, 2.75) is 232 Å². The lowest BCUT2D eigenvalue weighted by atomic mass is 10.0. The fourth-order valence-electron chi connectivity index (χ4n) is 7.31. The van der Waals surface area contributed by atoms with Crippen molar-refractivity contribution in [1.29, 1.82) is 0 Å². The van der Waals surface area contributed by atoms with Gasteiger partial charge in [0.2, 0.25) is 0 Å². The van der Waals surface area contributed by atoms with Gasteiger partial charge in [-0.3, -0.25) is 18.6 Å². The Morgan fingerprint density at radius 2 is 0.851 bits per heavy atom. The van der Waals surface area contributed by atoms with Crippen LogP contribution in [-0.4, -0.2) is 74.9 Å². The van der Waals surface area contributed by atoms with Gasteiger partial charge in [0.25, 0.3) is 0 Å². The maximum absolute atomic E-state index is 12.7. The largest absolute Gasteiger partial charge is 0.472 e. The van der Waals surface area contributed by atoms with Crippen LogP contribution >= 0.6 is 7.82 Å². The molecule has 10 heteroatoms. The topological polar surface area (TPSA) is 108 Å². The molecule has 0 aliphatic heterocycles. The summed E-state index contributed by atoms with van der Waals surface area (Å²) in [5.74, 6) is -0.799. The van der Waals surface area contributed by atoms with Gasteiger partial charge in [0.15, 0.2) is 6.10 Å². The van der Waals surface area contributed by atoms with Crippen LogP contribution in [0.4, 0.5) is 0 Å². The number of hydrogen-bond acceptors (Lipinski definition) is 7. The third kappa shape index (κ3) is 52.7. The summed E-state index contributed by atoms with van der Waals surface area (Å²) < 4.78 is 34.3. The van der Waals surface area contributed by atoms with Crippen LogP contribution in [0.5, 0.6) is 0 Å². The molecule has 0 spiro atoms. The Kier molecular flexibility index (Phi) is 46.6. The molecular weight excluding hydrogens is 858 g/mol. The first-order valence-corrected chi connectivity index (χ1v) is 28.7. The number of rotatable bonds is 49. The van der Waals surface area contributed by atoms with Gasteiger partial charge in [-0.1, -0.05) is 222 Å². The number of esters is 2. The molecule has 0 bridgehead atoms. The van der Waals surface area contributed by atoms with E-state index in [0.29, 0.717) is 17.4 Å². The van der Waals surface area contributed by atoms with E-state index in [-0.39, 0.29) is 32.0 Å². The van der Waals surface area contributed by atoms with Gasteiger partial charge in [0.05, 0.1) is 27.7 Å². The Morgan fingerprint density at radius 1 is 0.478 bits per heavy atom. The molecule has 0 aromatic rings. The standard InChI is InChI=1S/C57H102NO8P/c1-6-8-10-12-14-16-17-18-19-20-21-22-23-24-25-26-27-28-29-30-31-32-33-34-35-36-37-38-39-40-41-42-44-46-48-50-57(60)66-55(54-65-67(61,62)64-52-51-58(3,4)5)53-63-56(59)49-47-45-43-15-13-11-9-7-2/h8,10,14,16,18-19,21-22,24-25,27-28,55H,6-7,9,11-13,15,17,20,23,26,29-54H2,1-5H3/p+1/b10-8-,16-14-,19-18-,22-21-,25-24-,28-27-. The van der Waals surface area contributed by atoms with Crippen molar-refractivity contribution in [3.05, 3.63) is 72.9 Å². The monoisotopic (exact) mass is 961 g/mol. The molecule has 1 N–H and O–H groups in total. The molecule has 0 radical (unpaired) electrons. The summed E-state index contributed by atoms with van der Waals surface area (Å²) in [6.45, 7) is 4.28. The van der Waals surface area contributed by atoms with Crippen LogP contribution in [0.25, 0.3) is 0 Å². The number of quaternary nitrogens is 1. The number of carbonyl (C=O) groups excluding carboxylic acids is 2. The second-order valence-electron chi connectivity index (χ2n) is 19.2. The molecule has 67 heavy (non-hydrogen) atoms. The molecule has 0 aromatic heterocycles. The molecule has 0 aliphatic carbocycles. The number of phosphoric ester groups is 1. The maximum atomic E-state index is 12.7. The first-order valence-electron chi connectivity index (χ1n) is 27.2. The van der Waals surface area contributed by atoms with E-state index in [1.807, 2.05) is 21.1 Å². The van der Waals surface area contributed by atoms with Crippen molar-refractivity contribution in [3.63, 3.8) is 0 Å². The van der Waals surface area contributed by atoms with Gasteiger partial charge in [-0.05, 0) is 64.2 Å². The van der Waals surface area contributed by atoms with Crippen molar-refractivity contribution in [2.75, 3.05) is 47.5 Å². The number of allylic oxidation sites excluding steroid dienone is 12. The molecule has 9 nitrogen and oxygen atoms in total. The van der Waals surface area contributed by atoms with Gasteiger partial charge in [0, 0.05) is 12.8 Å². The third-order valence-corrected chi connectivity index (χ3v) is 12.5. The quantitative estimate of drug-likeness (QED) is 0.0211. The lowest BCUT2D eigenvalue weighted by molar-refractivity contribution is -0.870. The zero-order valence-corrected chi connectivity index (χ0v) is 44.8. The lowest BCUT2D eigenvalue weighted by Gasteiger charge is -2.24. The first kappa shape index (κ1) is 64.5. The molecule has 0 aromatic carbocycles. The summed E-state index contributed by atoms with van der Waals surface area (Å²) in [5, 5.41) is 0. The molecule has 2 atom stereocenters. The van der Waals surface area contributed by atoms with Gasteiger partial charge in [-0.25, -0.2) is 4.57 Å². The molecule has 0 saturated heterocycles. The summed E-state index contributed by atoms with van der Waals surface area (Å²) in [6.07, 6.45) is 62.8. The smallest absolute Gasteiger partial charge is 0.462 e. The summed E-state index contributed by atoms with van der Waals surface area (Å²) in [7, 11) is 1.48. The molecule has 0 rings (SSSR count). The van der Waals surface area contributed by atoms with Gasteiger partial charge >= 0.3 is 19.8 Å². The maximum Gasteiger partial charge on any atom is 0.472 e. The molecule has 0 aliphatic rings. The molecule has 0 amide bonds. The van der Waals surface area contributed by atoms with Crippen LogP contribution in [0.3, 0.4) is 0 Å². The Bertz CT molecular complexity index is 1360. The fraction of sp³-hybridized carbons (Fsp3) is 0.754. The third-order valence-electron chi connectivity index (χ3n) is 11.5. The predicted molar refractivity (Wildman–Crippen MR) is 284 cm³/mol. The minimum absolute atomic E-state index is 0.0315. The second kappa shape index (κ2) is 48.5. The number of unbranched alkanes of at least 4 members (excludes halogenated alkanes) is 23. The number of nitrogens with zero attached hydrogens (tertiary/aromatic N) is 1. The molecular formula is C57H103NO8P+. The average molecular weight is 961 g/mol. The summed E-state index contributed by atoms with van der Waals surface area (Å²) in [6, 6.07) is 0. The molecule has 388 valence electrons. The van der Waals surface area contributed by atoms with Crippen molar-refractivity contribution in [2.24, 2.45) is 0 Å². The van der Waals surface area contributed by atoms with Gasteiger partial charge < -0.3 is 18.9 Å². The highest BCUT2D eigenvalue weighted by Gasteiger charge is 2.27. The number of likely N-dealkylation sites (N-methyl/N-ethyl adjacent to an activating group) is 1. The Morgan fingerprint density at radius 3 is 1.27 bits per heavy atom. The van der Waals surface area contributed by atoms with Crippen LogP contribution < -0.4 is 0 Å². The predicted octanol–water partition coefficient (Wildman–Crippen LogP) is 16.5. The van der Waals surface area contributed by atoms with Crippen molar-refractivity contribution < 1.29 is 42.1 Å². The average Bonchev–Trinajstić information content (AvgIpc) is 3.29.